The zero-order valence-corrected chi connectivity index (χ0v) is 14.2. The minimum atomic E-state index is -0.561. The van der Waals surface area contributed by atoms with E-state index in [4.69, 9.17) is 4.52 Å². The van der Waals surface area contributed by atoms with Gasteiger partial charge in [0.05, 0.1) is 11.2 Å². The maximum absolute atomic E-state index is 14.8. The van der Waals surface area contributed by atoms with E-state index in [9.17, 15) is 14.0 Å². The summed E-state index contributed by atoms with van der Waals surface area (Å²) in [5, 5.41) is 2.46. The van der Waals surface area contributed by atoms with E-state index in [0.29, 0.717) is 11.2 Å². The predicted molar refractivity (Wildman–Crippen MR) is 96.4 cm³/mol. The maximum Gasteiger partial charge on any atom is 0.293 e. The smallest absolute Gasteiger partial charge is 0.293 e. The third-order valence-electron chi connectivity index (χ3n) is 4.96. The second-order valence-electron chi connectivity index (χ2n) is 6.56. The Balaban J connectivity index is 1.86. The Hall–Kier alpha value is -2.22. The zero-order valence-electron chi connectivity index (χ0n) is 13.4. The molecule has 0 amide bonds. The summed E-state index contributed by atoms with van der Waals surface area (Å²) in [4.78, 5) is 26.7. The number of halogens is 1. The van der Waals surface area contributed by atoms with Gasteiger partial charge in [-0.3, -0.25) is 9.59 Å². The SMILES string of the molecule is O=c1[nH]oc2c1c(=O)c1cc(F)c(N3CCSCC3)cc1n2C1CC1. The first-order valence-corrected chi connectivity index (χ1v) is 9.52. The Kier molecular flexibility index (Phi) is 3.25. The first kappa shape index (κ1) is 15.1. The summed E-state index contributed by atoms with van der Waals surface area (Å²) in [6.45, 7) is 1.56. The molecule has 6 nitrogen and oxygen atoms in total. The van der Waals surface area contributed by atoms with Crippen molar-refractivity contribution in [3.05, 3.63) is 38.5 Å². The minimum Gasteiger partial charge on any atom is -0.367 e. The molecule has 0 spiro atoms. The number of nitrogens with one attached hydrogen (secondary N) is 1. The van der Waals surface area contributed by atoms with Crippen molar-refractivity contribution in [3.63, 3.8) is 0 Å². The molecule has 0 bridgehead atoms. The summed E-state index contributed by atoms with van der Waals surface area (Å²) in [6, 6.07) is 3.20. The fourth-order valence-electron chi connectivity index (χ4n) is 3.58. The number of hydrogen-bond donors (Lipinski definition) is 1. The molecule has 0 atom stereocenters. The standard InChI is InChI=1S/C17H16FN3O3S/c18-11-7-10-12(8-13(11)20-3-5-25-6-4-20)21(9-1-2-9)17-14(15(10)22)16(23)19-24-17/h7-9H,1-6H2,(H,19,23). The van der Waals surface area contributed by atoms with Crippen LogP contribution in [0.5, 0.6) is 0 Å². The Morgan fingerprint density at radius 2 is 1.96 bits per heavy atom. The third-order valence-corrected chi connectivity index (χ3v) is 5.90. The van der Waals surface area contributed by atoms with Gasteiger partial charge in [-0.1, -0.05) is 0 Å². The van der Waals surface area contributed by atoms with Gasteiger partial charge in [-0.05, 0) is 25.0 Å². The largest absolute Gasteiger partial charge is 0.367 e. The van der Waals surface area contributed by atoms with E-state index in [-0.39, 0.29) is 22.5 Å². The molecule has 1 aliphatic carbocycles. The topological polar surface area (TPSA) is 71.2 Å². The average Bonchev–Trinajstić information content (AvgIpc) is 3.38. The lowest BCUT2D eigenvalue weighted by Gasteiger charge is -2.29. The van der Waals surface area contributed by atoms with Crippen LogP contribution >= 0.6 is 11.8 Å². The molecule has 2 fully saturated rings. The Morgan fingerprint density at radius 1 is 1.20 bits per heavy atom. The number of fused-ring (bicyclic) bond motifs is 2. The van der Waals surface area contributed by atoms with Crippen LogP contribution in [0.2, 0.25) is 0 Å². The zero-order chi connectivity index (χ0) is 17.1. The van der Waals surface area contributed by atoms with Crippen LogP contribution in [0.3, 0.4) is 0 Å². The van der Waals surface area contributed by atoms with Crippen LogP contribution < -0.4 is 15.9 Å². The Bertz CT molecular complexity index is 1110. The van der Waals surface area contributed by atoms with Crippen molar-refractivity contribution in [1.82, 2.24) is 9.72 Å². The average molecular weight is 361 g/mol. The number of rotatable bonds is 2. The van der Waals surface area contributed by atoms with E-state index < -0.39 is 16.8 Å². The number of nitrogens with zero attached hydrogens (tertiary/aromatic N) is 2. The summed E-state index contributed by atoms with van der Waals surface area (Å²) < 4.78 is 21.9. The van der Waals surface area contributed by atoms with E-state index >= 15 is 0 Å². The number of aromatic nitrogens is 2. The number of aromatic amines is 1. The van der Waals surface area contributed by atoms with E-state index in [1.165, 1.54) is 6.07 Å². The molecule has 1 saturated carbocycles. The van der Waals surface area contributed by atoms with Crippen molar-refractivity contribution in [2.75, 3.05) is 29.5 Å². The van der Waals surface area contributed by atoms with Crippen LogP contribution in [0.15, 0.2) is 26.2 Å². The van der Waals surface area contributed by atoms with Crippen molar-refractivity contribution in [2.45, 2.75) is 18.9 Å². The van der Waals surface area contributed by atoms with E-state index in [1.807, 2.05) is 21.2 Å². The fraction of sp³-hybridized carbons (Fsp3) is 0.412. The van der Waals surface area contributed by atoms with Gasteiger partial charge in [0, 0.05) is 36.0 Å². The molecule has 3 aromatic rings. The number of hydrogen-bond acceptors (Lipinski definition) is 5. The second-order valence-corrected chi connectivity index (χ2v) is 7.79. The fourth-order valence-corrected chi connectivity index (χ4v) is 4.48. The summed E-state index contributed by atoms with van der Waals surface area (Å²) in [5.74, 6) is 1.50. The van der Waals surface area contributed by atoms with Crippen molar-refractivity contribution in [1.29, 1.82) is 0 Å². The summed E-state index contributed by atoms with van der Waals surface area (Å²) in [6.07, 6.45) is 1.91. The molecule has 2 aliphatic rings. The molecule has 1 aromatic carbocycles. The molecule has 0 radical (unpaired) electrons. The quantitative estimate of drug-likeness (QED) is 0.759. The normalized spacial score (nSPS) is 18.4. The van der Waals surface area contributed by atoms with E-state index in [0.717, 1.165) is 37.4 Å². The molecule has 8 heteroatoms. The lowest BCUT2D eigenvalue weighted by Crippen LogP contribution is -2.33. The number of H-pyrrole nitrogens is 1. The molecule has 130 valence electrons. The van der Waals surface area contributed by atoms with Gasteiger partial charge in [0.1, 0.15) is 5.82 Å². The molecule has 1 saturated heterocycles. The van der Waals surface area contributed by atoms with Gasteiger partial charge in [-0.15, -0.1) is 0 Å². The van der Waals surface area contributed by atoms with Gasteiger partial charge < -0.3 is 14.0 Å². The number of thioether (sulfide) groups is 1. The first-order valence-electron chi connectivity index (χ1n) is 8.37. The molecular formula is C17H16FN3O3S. The van der Waals surface area contributed by atoms with Crippen LogP contribution in [0, 0.1) is 5.82 Å². The lowest BCUT2D eigenvalue weighted by atomic mass is 10.1. The van der Waals surface area contributed by atoms with Gasteiger partial charge in [0.15, 0.2) is 5.39 Å². The van der Waals surface area contributed by atoms with Crippen molar-refractivity contribution < 1.29 is 8.91 Å². The summed E-state index contributed by atoms with van der Waals surface area (Å²) in [5.41, 5.74) is 0.373. The van der Waals surface area contributed by atoms with Crippen LogP contribution in [-0.4, -0.2) is 34.3 Å². The van der Waals surface area contributed by atoms with Gasteiger partial charge >= 0.3 is 0 Å². The highest BCUT2D eigenvalue weighted by molar-refractivity contribution is 7.99. The molecule has 2 aromatic heterocycles. The van der Waals surface area contributed by atoms with E-state index in [1.54, 1.807) is 6.07 Å². The van der Waals surface area contributed by atoms with Gasteiger partial charge in [0.2, 0.25) is 11.1 Å². The monoisotopic (exact) mass is 361 g/mol. The lowest BCUT2D eigenvalue weighted by molar-refractivity contribution is 0.428. The molecule has 3 heterocycles. The highest BCUT2D eigenvalue weighted by atomic mass is 32.2. The molecule has 25 heavy (non-hydrogen) atoms. The van der Waals surface area contributed by atoms with Crippen LogP contribution in [0.25, 0.3) is 22.0 Å². The molecule has 0 unspecified atom stereocenters. The highest BCUT2D eigenvalue weighted by Crippen LogP contribution is 2.40. The maximum atomic E-state index is 14.8. The Morgan fingerprint density at radius 3 is 2.68 bits per heavy atom. The van der Waals surface area contributed by atoms with Gasteiger partial charge in [-0.2, -0.15) is 16.9 Å². The summed E-state index contributed by atoms with van der Waals surface area (Å²) in [7, 11) is 0. The number of pyridine rings is 1. The first-order chi connectivity index (χ1) is 12.1. The molecular weight excluding hydrogens is 345 g/mol. The molecule has 1 N–H and O–H groups in total. The highest BCUT2D eigenvalue weighted by Gasteiger charge is 2.30. The minimum absolute atomic E-state index is 0.0269. The third kappa shape index (κ3) is 2.23. The summed E-state index contributed by atoms with van der Waals surface area (Å²) >= 11 is 1.85. The van der Waals surface area contributed by atoms with Crippen molar-refractivity contribution in [3.8, 4) is 0 Å². The van der Waals surface area contributed by atoms with Gasteiger partial charge in [-0.25, -0.2) is 4.39 Å². The van der Waals surface area contributed by atoms with Crippen LogP contribution in [0.1, 0.15) is 18.9 Å². The number of anilines is 1. The predicted octanol–water partition coefficient (Wildman–Crippen LogP) is 2.46. The molecule has 1 aliphatic heterocycles. The van der Waals surface area contributed by atoms with E-state index in [2.05, 4.69) is 5.16 Å². The van der Waals surface area contributed by atoms with Crippen LogP contribution in [-0.2, 0) is 0 Å². The van der Waals surface area contributed by atoms with Gasteiger partial charge in [0.25, 0.3) is 5.56 Å². The van der Waals surface area contributed by atoms with Crippen LogP contribution in [0.4, 0.5) is 10.1 Å². The van der Waals surface area contributed by atoms with Crippen molar-refractivity contribution >= 4 is 39.5 Å². The number of benzene rings is 1. The molecule has 5 rings (SSSR count). The Labute approximate surface area is 145 Å². The second kappa shape index (κ2) is 5.39. The van der Waals surface area contributed by atoms with Crippen molar-refractivity contribution in [2.24, 2.45) is 0 Å².